The van der Waals surface area contributed by atoms with Gasteiger partial charge < -0.3 is 65.1 Å². The van der Waals surface area contributed by atoms with Crippen molar-refractivity contribution in [3.8, 4) is 0 Å². The Labute approximate surface area is 473 Å². The molecular weight excluding hydrogens is 991 g/mol. The molecule has 454 valence electrons. The Morgan fingerprint density at radius 2 is 0.885 bits per heavy atom. The van der Waals surface area contributed by atoms with Gasteiger partial charge in [0.15, 0.2) is 12.6 Å². The highest BCUT2D eigenvalue weighted by Gasteiger charge is 2.51. The summed E-state index contributed by atoms with van der Waals surface area (Å²) in [7, 11) is 0. The average Bonchev–Trinajstić information content (AvgIpc) is 3.44. The molecule has 0 aromatic rings. The van der Waals surface area contributed by atoms with E-state index in [0.717, 1.165) is 57.8 Å². The number of carbonyl (C=O) groups is 1. The van der Waals surface area contributed by atoms with Gasteiger partial charge in [0.2, 0.25) is 5.91 Å². The van der Waals surface area contributed by atoms with Crippen molar-refractivity contribution in [3.05, 3.63) is 60.8 Å². The first-order valence-corrected chi connectivity index (χ1v) is 31.5. The number of hydrogen-bond donors (Lipinski definition) is 9. The molecule has 2 rings (SSSR count). The second-order valence-corrected chi connectivity index (χ2v) is 22.2. The zero-order chi connectivity index (χ0) is 56.7. The first-order valence-electron chi connectivity index (χ1n) is 31.5. The molecule has 0 saturated carbocycles. The molecule has 2 fully saturated rings. The fourth-order valence-electron chi connectivity index (χ4n) is 10.2. The van der Waals surface area contributed by atoms with Gasteiger partial charge in [0.1, 0.15) is 48.8 Å². The van der Waals surface area contributed by atoms with Crippen molar-refractivity contribution >= 4 is 5.91 Å². The van der Waals surface area contributed by atoms with Crippen LogP contribution < -0.4 is 5.32 Å². The average molecular weight is 1110 g/mol. The van der Waals surface area contributed by atoms with Crippen LogP contribution in [0.5, 0.6) is 0 Å². The van der Waals surface area contributed by atoms with E-state index in [0.29, 0.717) is 6.42 Å². The SMILES string of the molecule is CC/C=C\C/C=C\C/C=C\C/C=C\CCCCCCCCCCCCCCCCCCCCCCCCCCCCCCC(=O)NC(COC1OC(CO)C(OC2OC(CO)C(O)C(O)C2O)C(O)C1O)C(O)/C=C/CCC. The van der Waals surface area contributed by atoms with Gasteiger partial charge in [-0.05, 0) is 51.4 Å². The summed E-state index contributed by atoms with van der Waals surface area (Å²) < 4.78 is 22.5. The van der Waals surface area contributed by atoms with Gasteiger partial charge in [-0.15, -0.1) is 0 Å². The number of allylic oxidation sites excluding steroid dienone is 9. The Balaban J connectivity index is 1.41. The summed E-state index contributed by atoms with van der Waals surface area (Å²) in [5.41, 5.74) is 0. The van der Waals surface area contributed by atoms with Crippen molar-refractivity contribution in [1.29, 1.82) is 0 Å². The van der Waals surface area contributed by atoms with Crippen molar-refractivity contribution in [3.63, 3.8) is 0 Å². The monoisotopic (exact) mass is 1110 g/mol. The number of ether oxygens (including phenoxy) is 4. The number of aliphatic hydroxyl groups is 8. The lowest BCUT2D eigenvalue weighted by Crippen LogP contribution is -2.65. The lowest BCUT2D eigenvalue weighted by atomic mass is 9.97. The second kappa shape index (κ2) is 49.3. The summed E-state index contributed by atoms with van der Waals surface area (Å²) in [6, 6.07) is -0.908. The summed E-state index contributed by atoms with van der Waals surface area (Å²) in [5, 5.41) is 86.0. The number of nitrogens with one attached hydrogen (secondary N) is 1. The van der Waals surface area contributed by atoms with Crippen LogP contribution in [-0.4, -0.2) is 140 Å². The van der Waals surface area contributed by atoms with Crippen molar-refractivity contribution in [1.82, 2.24) is 5.32 Å². The number of carbonyl (C=O) groups excluding carboxylic acids is 1. The lowest BCUT2D eigenvalue weighted by Gasteiger charge is -2.46. The third-order valence-electron chi connectivity index (χ3n) is 15.2. The normalized spacial score (nSPS) is 24.9. The zero-order valence-corrected chi connectivity index (χ0v) is 48.9. The molecule has 0 bridgehead atoms. The predicted molar refractivity (Wildman–Crippen MR) is 314 cm³/mol. The van der Waals surface area contributed by atoms with Crippen molar-refractivity contribution in [2.45, 2.75) is 319 Å². The maximum Gasteiger partial charge on any atom is 0.220 e. The molecule has 2 heterocycles. The molecular formula is C64H115NO13. The number of hydrogen-bond acceptors (Lipinski definition) is 13. The van der Waals surface area contributed by atoms with E-state index in [4.69, 9.17) is 18.9 Å². The van der Waals surface area contributed by atoms with Crippen molar-refractivity contribution < 1.29 is 64.6 Å². The Hall–Kier alpha value is -2.31. The molecule has 14 heteroatoms. The third kappa shape index (κ3) is 34.2. The first-order chi connectivity index (χ1) is 38.1. The van der Waals surface area contributed by atoms with E-state index in [9.17, 15) is 45.6 Å². The Morgan fingerprint density at radius 1 is 0.474 bits per heavy atom. The van der Waals surface area contributed by atoms with Crippen LogP contribution in [0, 0.1) is 0 Å². The fourth-order valence-corrected chi connectivity index (χ4v) is 10.2. The van der Waals surface area contributed by atoms with E-state index >= 15 is 0 Å². The lowest BCUT2D eigenvalue weighted by molar-refractivity contribution is -0.359. The quantitative estimate of drug-likeness (QED) is 0.0204. The zero-order valence-electron chi connectivity index (χ0n) is 48.9. The van der Waals surface area contributed by atoms with Gasteiger partial charge in [-0.1, -0.05) is 248 Å². The molecule has 0 aromatic heterocycles. The number of rotatable bonds is 50. The summed E-state index contributed by atoms with van der Waals surface area (Å²) in [5.74, 6) is -0.249. The molecule has 0 spiro atoms. The summed E-state index contributed by atoms with van der Waals surface area (Å²) in [6.45, 7) is 2.46. The maximum atomic E-state index is 13.0. The van der Waals surface area contributed by atoms with Crippen LogP contribution in [0.25, 0.3) is 0 Å². The topological polar surface area (TPSA) is 228 Å². The van der Waals surface area contributed by atoms with E-state index in [-0.39, 0.29) is 18.9 Å². The highest BCUT2D eigenvalue weighted by Crippen LogP contribution is 2.30. The van der Waals surface area contributed by atoms with E-state index in [1.807, 2.05) is 13.0 Å². The van der Waals surface area contributed by atoms with Gasteiger partial charge in [-0.3, -0.25) is 4.79 Å². The number of aliphatic hydroxyl groups excluding tert-OH is 8. The Morgan fingerprint density at radius 3 is 1.33 bits per heavy atom. The van der Waals surface area contributed by atoms with Crippen LogP contribution in [0.3, 0.4) is 0 Å². The molecule has 0 aromatic carbocycles. The minimum atomic E-state index is -1.79. The molecule has 2 aliphatic rings. The van der Waals surface area contributed by atoms with Gasteiger partial charge in [-0.2, -0.15) is 0 Å². The largest absolute Gasteiger partial charge is 0.394 e. The van der Waals surface area contributed by atoms with Crippen LogP contribution in [-0.2, 0) is 23.7 Å². The van der Waals surface area contributed by atoms with Crippen molar-refractivity contribution in [2.75, 3.05) is 19.8 Å². The number of amides is 1. The Bertz CT molecular complexity index is 1540. The van der Waals surface area contributed by atoms with Crippen LogP contribution in [0.4, 0.5) is 0 Å². The molecule has 12 unspecified atom stereocenters. The van der Waals surface area contributed by atoms with Crippen LogP contribution in [0.15, 0.2) is 60.8 Å². The molecule has 1 amide bonds. The molecule has 12 atom stereocenters. The first kappa shape index (κ1) is 71.8. The maximum absolute atomic E-state index is 13.0. The minimum absolute atomic E-state index is 0.249. The second-order valence-electron chi connectivity index (χ2n) is 22.2. The highest BCUT2D eigenvalue weighted by molar-refractivity contribution is 5.76. The van der Waals surface area contributed by atoms with Gasteiger partial charge in [0.25, 0.3) is 0 Å². The summed E-state index contributed by atoms with van der Waals surface area (Å²) in [6.07, 6.45) is 48.8. The van der Waals surface area contributed by atoms with Gasteiger partial charge >= 0.3 is 0 Å². The van der Waals surface area contributed by atoms with Gasteiger partial charge in [0, 0.05) is 6.42 Å². The standard InChI is InChI=1S/C64H115NO13/c1-3-5-7-8-9-10-11-12-13-14-15-16-17-18-19-20-21-22-23-24-25-26-27-28-29-30-31-32-33-34-35-36-37-38-39-40-41-42-43-44-46-48-56(69)65-52(53(68)47-45-6-4-2)51-75-63-61(74)59(72)62(55(50-67)77-63)78-64-60(73)58(71)57(70)54(49-66)76-64/h5,7,9-10,12-13,15-16,45,47,52-55,57-64,66-68,70-74H,3-4,6,8,11,14,17-44,46,48-51H2,1-2H3,(H,65,69)/b7-5-,10-9-,13-12-,16-15-,47-45+. The molecule has 2 saturated heterocycles. The molecule has 0 aliphatic carbocycles. The van der Waals surface area contributed by atoms with E-state index in [1.54, 1.807) is 6.08 Å². The van der Waals surface area contributed by atoms with E-state index < -0.39 is 86.8 Å². The molecule has 14 nitrogen and oxygen atoms in total. The molecule has 0 radical (unpaired) electrons. The predicted octanol–water partition coefficient (Wildman–Crippen LogP) is 11.3. The van der Waals surface area contributed by atoms with Crippen LogP contribution >= 0.6 is 0 Å². The van der Waals surface area contributed by atoms with Crippen LogP contribution in [0.2, 0.25) is 0 Å². The third-order valence-corrected chi connectivity index (χ3v) is 15.2. The van der Waals surface area contributed by atoms with Gasteiger partial charge in [-0.25, -0.2) is 0 Å². The fraction of sp³-hybridized carbons (Fsp3) is 0.828. The van der Waals surface area contributed by atoms with Crippen molar-refractivity contribution in [2.24, 2.45) is 0 Å². The van der Waals surface area contributed by atoms with Gasteiger partial charge in [0.05, 0.1) is 32.0 Å². The molecule has 78 heavy (non-hydrogen) atoms. The highest BCUT2D eigenvalue weighted by atomic mass is 16.7. The summed E-state index contributed by atoms with van der Waals surface area (Å²) >= 11 is 0. The number of unbranched alkanes of at least 4 members (excludes halogenated alkanes) is 29. The molecule has 2 aliphatic heterocycles. The summed E-state index contributed by atoms with van der Waals surface area (Å²) in [4.78, 5) is 13.0. The Kier molecular flexibility index (Phi) is 45.4. The van der Waals surface area contributed by atoms with E-state index in [2.05, 4.69) is 60.8 Å². The molecule has 9 N–H and O–H groups in total. The smallest absolute Gasteiger partial charge is 0.220 e. The van der Waals surface area contributed by atoms with Crippen LogP contribution in [0.1, 0.15) is 245 Å². The van der Waals surface area contributed by atoms with E-state index in [1.165, 1.54) is 161 Å². The minimum Gasteiger partial charge on any atom is -0.394 e.